The van der Waals surface area contributed by atoms with Crippen molar-refractivity contribution in [2.45, 2.75) is 31.7 Å². The highest BCUT2D eigenvalue weighted by molar-refractivity contribution is 5.91. The van der Waals surface area contributed by atoms with Crippen LogP contribution in [0, 0.1) is 0 Å². The van der Waals surface area contributed by atoms with Crippen molar-refractivity contribution in [3.05, 3.63) is 23.8 Å². The fourth-order valence-electron chi connectivity index (χ4n) is 2.69. The van der Waals surface area contributed by atoms with Crippen molar-refractivity contribution < 1.29 is 9.53 Å². The average Bonchev–Trinajstić information content (AvgIpc) is 2.38. The van der Waals surface area contributed by atoms with Crippen LogP contribution in [-0.2, 0) is 4.74 Å². The molecule has 1 aromatic carbocycles. The van der Waals surface area contributed by atoms with E-state index in [9.17, 15) is 4.79 Å². The first kappa shape index (κ1) is 15.6. The first-order valence-corrected chi connectivity index (χ1v) is 7.46. The summed E-state index contributed by atoms with van der Waals surface area (Å²) in [7, 11) is 4.24. The maximum Gasteiger partial charge on any atom is 0.338 e. The number of benzene rings is 1. The van der Waals surface area contributed by atoms with Gasteiger partial charge in [0.1, 0.15) is 0 Å². The van der Waals surface area contributed by atoms with Crippen LogP contribution in [0.2, 0.25) is 0 Å². The van der Waals surface area contributed by atoms with E-state index in [4.69, 9.17) is 10.5 Å². The molecular formula is C16H25N3O2. The number of likely N-dealkylation sites (N-methyl/N-ethyl adjacent to an activating group) is 1. The molecule has 2 rings (SSSR count). The summed E-state index contributed by atoms with van der Waals surface area (Å²) >= 11 is 0. The fourth-order valence-corrected chi connectivity index (χ4v) is 2.69. The van der Waals surface area contributed by atoms with Crippen molar-refractivity contribution in [3.63, 3.8) is 0 Å². The van der Waals surface area contributed by atoms with Crippen molar-refractivity contribution in [3.8, 4) is 0 Å². The molecule has 0 atom stereocenters. The molecule has 0 aromatic heterocycles. The average molecular weight is 291 g/mol. The Labute approximate surface area is 126 Å². The number of carbonyl (C=O) groups excluding carboxylic acids is 1. The Balaban J connectivity index is 2.03. The standard InChI is InChI=1S/C16H25N3O2/c1-4-21-15(20)12-6-7-14(13(17)10-12)18-11-16(19(2)3)8-5-9-16/h6-7,10,18H,4-5,8-9,11,17H2,1-3H3. The van der Waals surface area contributed by atoms with E-state index in [0.717, 1.165) is 12.2 Å². The lowest BCUT2D eigenvalue weighted by Gasteiger charge is -2.47. The largest absolute Gasteiger partial charge is 0.462 e. The summed E-state index contributed by atoms with van der Waals surface area (Å²) in [6.45, 7) is 3.02. The molecular weight excluding hydrogens is 266 g/mol. The molecule has 1 aliphatic rings. The second kappa shape index (κ2) is 6.35. The van der Waals surface area contributed by atoms with E-state index >= 15 is 0 Å². The third-order valence-corrected chi connectivity index (χ3v) is 4.40. The molecule has 116 valence electrons. The highest BCUT2D eigenvalue weighted by Gasteiger charge is 2.38. The minimum atomic E-state index is -0.334. The number of esters is 1. The number of rotatable bonds is 6. The van der Waals surface area contributed by atoms with E-state index in [1.54, 1.807) is 19.1 Å². The maximum atomic E-state index is 11.7. The molecule has 0 heterocycles. The molecule has 1 aromatic rings. The van der Waals surface area contributed by atoms with Gasteiger partial charge in [0.2, 0.25) is 0 Å². The summed E-state index contributed by atoms with van der Waals surface area (Å²) in [5, 5.41) is 3.42. The number of ether oxygens (including phenoxy) is 1. The van der Waals surface area contributed by atoms with Gasteiger partial charge >= 0.3 is 5.97 Å². The Kier molecular flexibility index (Phi) is 4.73. The summed E-state index contributed by atoms with van der Waals surface area (Å²) in [4.78, 5) is 13.9. The Morgan fingerprint density at radius 1 is 1.43 bits per heavy atom. The second-order valence-corrected chi connectivity index (χ2v) is 5.85. The number of hydrogen-bond acceptors (Lipinski definition) is 5. The molecule has 5 heteroatoms. The quantitative estimate of drug-likeness (QED) is 0.622. The lowest BCUT2D eigenvalue weighted by molar-refractivity contribution is 0.0526. The summed E-state index contributed by atoms with van der Waals surface area (Å²) in [5.74, 6) is -0.334. The fraction of sp³-hybridized carbons (Fsp3) is 0.562. The Morgan fingerprint density at radius 2 is 2.14 bits per heavy atom. The number of anilines is 2. The summed E-state index contributed by atoms with van der Waals surface area (Å²) < 4.78 is 4.97. The van der Waals surface area contributed by atoms with Crippen LogP contribution in [0.15, 0.2) is 18.2 Å². The van der Waals surface area contributed by atoms with Crippen LogP contribution in [-0.4, -0.2) is 43.7 Å². The summed E-state index contributed by atoms with van der Waals surface area (Å²) in [6, 6.07) is 5.27. The van der Waals surface area contributed by atoms with Gasteiger partial charge in [0.25, 0.3) is 0 Å². The molecule has 0 bridgehead atoms. The zero-order valence-corrected chi connectivity index (χ0v) is 13.1. The number of hydrogen-bond donors (Lipinski definition) is 2. The SMILES string of the molecule is CCOC(=O)c1ccc(NCC2(N(C)C)CCC2)c(N)c1. The Hall–Kier alpha value is -1.75. The van der Waals surface area contributed by atoms with E-state index in [-0.39, 0.29) is 11.5 Å². The Morgan fingerprint density at radius 3 is 2.62 bits per heavy atom. The van der Waals surface area contributed by atoms with E-state index in [1.807, 2.05) is 6.07 Å². The zero-order valence-electron chi connectivity index (χ0n) is 13.1. The van der Waals surface area contributed by atoms with Gasteiger partial charge in [0.05, 0.1) is 23.5 Å². The van der Waals surface area contributed by atoms with Gasteiger partial charge in [-0.1, -0.05) is 0 Å². The van der Waals surface area contributed by atoms with Gasteiger partial charge in [-0.15, -0.1) is 0 Å². The summed E-state index contributed by atoms with van der Waals surface area (Å²) in [5.41, 5.74) is 8.21. The summed E-state index contributed by atoms with van der Waals surface area (Å²) in [6.07, 6.45) is 3.68. The highest BCUT2D eigenvalue weighted by Crippen LogP contribution is 2.36. The van der Waals surface area contributed by atoms with Gasteiger partial charge in [-0.05, 0) is 58.5 Å². The van der Waals surface area contributed by atoms with Crippen molar-refractivity contribution in [1.29, 1.82) is 0 Å². The maximum absolute atomic E-state index is 11.7. The first-order chi connectivity index (χ1) is 9.98. The monoisotopic (exact) mass is 291 g/mol. The first-order valence-electron chi connectivity index (χ1n) is 7.46. The van der Waals surface area contributed by atoms with Crippen molar-refractivity contribution in [2.75, 3.05) is 38.3 Å². The number of carbonyl (C=O) groups is 1. The predicted octanol–water partition coefficient (Wildman–Crippen LogP) is 2.34. The number of nitrogens with two attached hydrogens (primary N) is 1. The van der Waals surface area contributed by atoms with Gasteiger partial charge in [-0.2, -0.15) is 0 Å². The second-order valence-electron chi connectivity index (χ2n) is 5.85. The van der Waals surface area contributed by atoms with E-state index < -0.39 is 0 Å². The lowest BCUT2D eigenvalue weighted by Crippen LogP contribution is -2.54. The smallest absolute Gasteiger partial charge is 0.338 e. The van der Waals surface area contributed by atoms with E-state index in [0.29, 0.717) is 17.9 Å². The molecule has 0 saturated heterocycles. The van der Waals surface area contributed by atoms with Crippen LogP contribution in [0.3, 0.4) is 0 Å². The number of nitrogens with one attached hydrogen (secondary N) is 1. The minimum absolute atomic E-state index is 0.228. The van der Waals surface area contributed by atoms with E-state index in [2.05, 4.69) is 24.3 Å². The highest BCUT2D eigenvalue weighted by atomic mass is 16.5. The third kappa shape index (κ3) is 3.29. The van der Waals surface area contributed by atoms with Gasteiger partial charge < -0.3 is 20.7 Å². The van der Waals surface area contributed by atoms with Crippen LogP contribution in [0.4, 0.5) is 11.4 Å². The molecule has 0 radical (unpaired) electrons. The molecule has 1 saturated carbocycles. The minimum Gasteiger partial charge on any atom is -0.462 e. The molecule has 3 N–H and O–H groups in total. The topological polar surface area (TPSA) is 67.6 Å². The molecule has 1 fully saturated rings. The van der Waals surface area contributed by atoms with Crippen LogP contribution >= 0.6 is 0 Å². The Bertz CT molecular complexity index is 510. The van der Waals surface area contributed by atoms with Crippen molar-refractivity contribution in [2.24, 2.45) is 0 Å². The van der Waals surface area contributed by atoms with Crippen LogP contribution in [0.5, 0.6) is 0 Å². The zero-order chi connectivity index (χ0) is 15.5. The van der Waals surface area contributed by atoms with Crippen LogP contribution in [0.25, 0.3) is 0 Å². The van der Waals surface area contributed by atoms with Crippen LogP contribution < -0.4 is 11.1 Å². The predicted molar refractivity (Wildman–Crippen MR) is 85.6 cm³/mol. The molecule has 0 unspecified atom stereocenters. The van der Waals surface area contributed by atoms with Gasteiger partial charge in [-0.25, -0.2) is 4.79 Å². The number of nitrogens with zero attached hydrogens (tertiary/aromatic N) is 1. The van der Waals surface area contributed by atoms with E-state index in [1.165, 1.54) is 19.3 Å². The lowest BCUT2D eigenvalue weighted by atomic mass is 9.75. The van der Waals surface area contributed by atoms with Gasteiger partial charge in [0, 0.05) is 12.1 Å². The molecule has 1 aliphatic carbocycles. The third-order valence-electron chi connectivity index (χ3n) is 4.40. The number of nitrogen functional groups attached to an aromatic ring is 1. The molecule has 0 aliphatic heterocycles. The molecule has 21 heavy (non-hydrogen) atoms. The van der Waals surface area contributed by atoms with Gasteiger partial charge in [-0.3, -0.25) is 0 Å². The normalized spacial score (nSPS) is 16.4. The van der Waals surface area contributed by atoms with Crippen molar-refractivity contribution >= 4 is 17.3 Å². The van der Waals surface area contributed by atoms with Gasteiger partial charge in [0.15, 0.2) is 0 Å². The molecule has 0 spiro atoms. The molecule has 5 nitrogen and oxygen atoms in total. The molecule has 0 amide bonds. The van der Waals surface area contributed by atoms with Crippen LogP contribution in [0.1, 0.15) is 36.5 Å². The van der Waals surface area contributed by atoms with Crippen molar-refractivity contribution in [1.82, 2.24) is 4.90 Å².